The van der Waals surface area contributed by atoms with Gasteiger partial charge in [0.1, 0.15) is 48.0 Å². The highest BCUT2D eigenvalue weighted by molar-refractivity contribution is 5.99. The molecule has 1 aliphatic rings. The molecule has 0 radical (unpaired) electrons. The molecule has 1 aliphatic heterocycles. The molecular weight excluding hydrogens is 1010 g/mol. The molecule has 0 saturated carbocycles. The van der Waals surface area contributed by atoms with Gasteiger partial charge in [-0.3, -0.25) is 47.9 Å². The number of carbonyl (C=O) groups is 11. The molecule has 2 aromatic rings. The molecule has 1 heterocycles. The first-order valence-corrected chi connectivity index (χ1v) is 25.3. The van der Waals surface area contributed by atoms with E-state index in [-0.39, 0.29) is 62.7 Å². The smallest absolute Gasteiger partial charge is 0.328 e. The second kappa shape index (κ2) is 30.7. The molecule has 2 aromatic carbocycles. The van der Waals surface area contributed by atoms with Gasteiger partial charge in [0.15, 0.2) is 6.04 Å². The van der Waals surface area contributed by atoms with E-state index in [1.54, 1.807) is 58.0 Å². The van der Waals surface area contributed by atoms with Crippen LogP contribution in [0.3, 0.4) is 0 Å². The zero-order valence-corrected chi connectivity index (χ0v) is 43.9. The van der Waals surface area contributed by atoms with Crippen LogP contribution < -0.4 is 54.4 Å². The number of hydrogen-bond acceptors (Lipinski definition) is 15. The number of carboxylic acids is 1. The number of amides is 10. The maximum absolute atomic E-state index is 14.5. The van der Waals surface area contributed by atoms with E-state index >= 15 is 0 Å². The van der Waals surface area contributed by atoms with Crippen molar-refractivity contribution < 1.29 is 73.2 Å². The maximum atomic E-state index is 14.5. The third kappa shape index (κ3) is 21.1. The van der Waals surface area contributed by atoms with Crippen LogP contribution in [0.25, 0.3) is 0 Å². The lowest BCUT2D eigenvalue weighted by atomic mass is 9.99. The van der Waals surface area contributed by atoms with Gasteiger partial charge in [-0.25, -0.2) is 4.79 Å². The van der Waals surface area contributed by atoms with Crippen molar-refractivity contribution in [3.8, 4) is 5.75 Å². The van der Waals surface area contributed by atoms with Gasteiger partial charge in [0, 0.05) is 19.4 Å². The molecule has 3 rings (SSSR count). The van der Waals surface area contributed by atoms with Crippen LogP contribution in [-0.4, -0.2) is 164 Å². The standard InChI is InChI=1S/C51H75N11O15/c1-26(2)20-34(47(72)61-42(28(5)64)51(76)77)58-49(74)39-12-9-19-62(39)50(75)37(21-27(3)4)59-45(70)35(23-30-13-15-31(65)16-14-30)56-46(71)36(24-41(54)67)57-48(73)38(25-63)60-44(69)33(17-18-40(53)66)55-43(68)32(52)22-29-10-7-6-8-11-29/h6-8,10-11,13-16,26-28,32-39,42,63-65H,9,12,17-25,52H2,1-5H3,(H2,53,66)(H2,54,67)(H,55,68)(H,56,71)(H,57,73)(H,58,74)(H,59,70)(H,60,69)(H,61,72)(H,76,77)/t28-,32+,33+,34+,35+,36+,37+,38+,39+,42+/m1/s1. The number of aromatic hydroxyl groups is 1. The number of nitrogens with zero attached hydrogens (tertiary/aromatic N) is 1. The molecule has 26 nitrogen and oxygen atoms in total. The number of nitrogens with two attached hydrogens (primary N) is 3. The van der Waals surface area contributed by atoms with E-state index in [0.29, 0.717) is 17.5 Å². The molecule has 424 valence electrons. The second-order valence-electron chi connectivity index (χ2n) is 19.9. The number of hydrogen-bond donors (Lipinski definition) is 14. The van der Waals surface area contributed by atoms with Crippen LogP contribution in [0.15, 0.2) is 54.6 Å². The normalized spacial score (nSPS) is 16.7. The van der Waals surface area contributed by atoms with Gasteiger partial charge in [0.05, 0.1) is 25.2 Å². The van der Waals surface area contributed by atoms with Crippen LogP contribution in [0.4, 0.5) is 0 Å². The Labute approximate surface area is 445 Å². The highest BCUT2D eigenvalue weighted by Gasteiger charge is 2.41. The third-order valence-corrected chi connectivity index (χ3v) is 12.4. The highest BCUT2D eigenvalue weighted by atomic mass is 16.4. The lowest BCUT2D eigenvalue weighted by Crippen LogP contribution is -2.61. The number of aliphatic hydroxyl groups excluding tert-OH is 2. The summed E-state index contributed by atoms with van der Waals surface area (Å²) in [5, 5.41) is 56.7. The average Bonchev–Trinajstić information content (AvgIpc) is 3.85. The van der Waals surface area contributed by atoms with Crippen LogP contribution in [0.1, 0.15) is 90.7 Å². The Morgan fingerprint density at radius 2 is 1.12 bits per heavy atom. The van der Waals surface area contributed by atoms with Crippen molar-refractivity contribution in [1.29, 1.82) is 0 Å². The molecule has 0 unspecified atom stereocenters. The van der Waals surface area contributed by atoms with Gasteiger partial charge in [0.2, 0.25) is 59.1 Å². The van der Waals surface area contributed by atoms with Crippen molar-refractivity contribution in [2.75, 3.05) is 13.2 Å². The third-order valence-electron chi connectivity index (χ3n) is 12.4. The van der Waals surface area contributed by atoms with Crippen molar-refractivity contribution >= 4 is 65.0 Å². The van der Waals surface area contributed by atoms with E-state index in [4.69, 9.17) is 17.2 Å². The van der Waals surface area contributed by atoms with Gasteiger partial charge >= 0.3 is 5.97 Å². The summed E-state index contributed by atoms with van der Waals surface area (Å²) in [5.74, 6) is -11.5. The quantitative estimate of drug-likeness (QED) is 0.0350. The van der Waals surface area contributed by atoms with E-state index in [1.165, 1.54) is 36.1 Å². The summed E-state index contributed by atoms with van der Waals surface area (Å²) in [7, 11) is 0. The van der Waals surface area contributed by atoms with E-state index in [1.807, 2.05) is 0 Å². The fraction of sp³-hybridized carbons (Fsp3) is 0.549. The molecule has 77 heavy (non-hydrogen) atoms. The summed E-state index contributed by atoms with van der Waals surface area (Å²) < 4.78 is 0. The van der Waals surface area contributed by atoms with Gasteiger partial charge in [0.25, 0.3) is 0 Å². The van der Waals surface area contributed by atoms with Gasteiger partial charge in [-0.05, 0) is 80.5 Å². The number of aliphatic carboxylic acids is 1. The molecule has 0 aromatic heterocycles. The summed E-state index contributed by atoms with van der Waals surface area (Å²) in [6, 6.07) is 0.892. The van der Waals surface area contributed by atoms with Crippen molar-refractivity contribution in [2.45, 2.75) is 153 Å². The zero-order valence-electron chi connectivity index (χ0n) is 43.9. The first kappa shape index (κ1) is 63.6. The van der Waals surface area contributed by atoms with E-state index in [0.717, 1.165) is 0 Å². The fourth-order valence-electron chi connectivity index (χ4n) is 8.38. The van der Waals surface area contributed by atoms with Gasteiger partial charge < -0.3 is 79.7 Å². The number of benzene rings is 2. The number of nitrogens with one attached hydrogen (secondary N) is 7. The van der Waals surface area contributed by atoms with E-state index in [9.17, 15) is 73.2 Å². The lowest BCUT2D eigenvalue weighted by molar-refractivity contribution is -0.146. The topological polar surface area (TPSA) is 434 Å². The predicted molar refractivity (Wildman–Crippen MR) is 276 cm³/mol. The van der Waals surface area contributed by atoms with Crippen LogP contribution in [0, 0.1) is 11.8 Å². The molecule has 1 fully saturated rings. The van der Waals surface area contributed by atoms with Gasteiger partial charge in [-0.2, -0.15) is 0 Å². The molecular formula is C51H75N11O15. The summed E-state index contributed by atoms with van der Waals surface area (Å²) in [6.45, 7) is 7.22. The number of aliphatic hydroxyl groups is 2. The summed E-state index contributed by atoms with van der Waals surface area (Å²) in [6.07, 6.45) is -2.71. The summed E-state index contributed by atoms with van der Waals surface area (Å²) in [5.41, 5.74) is 18.0. The van der Waals surface area contributed by atoms with Crippen LogP contribution in [-0.2, 0) is 65.6 Å². The minimum absolute atomic E-state index is 0.0196. The molecule has 0 bridgehead atoms. The largest absolute Gasteiger partial charge is 0.508 e. The van der Waals surface area contributed by atoms with Crippen LogP contribution in [0.2, 0.25) is 0 Å². The Balaban J connectivity index is 1.87. The number of likely N-dealkylation sites (tertiary alicyclic amines) is 1. The van der Waals surface area contributed by atoms with Crippen molar-refractivity contribution in [3.05, 3.63) is 65.7 Å². The van der Waals surface area contributed by atoms with Gasteiger partial charge in [-0.15, -0.1) is 0 Å². The number of carbonyl (C=O) groups excluding carboxylic acids is 10. The Morgan fingerprint density at radius 3 is 1.68 bits per heavy atom. The molecule has 10 amide bonds. The summed E-state index contributed by atoms with van der Waals surface area (Å²) >= 11 is 0. The number of carboxylic acid groups (broad SMARTS) is 1. The Kier molecular flexibility index (Phi) is 25.4. The molecule has 1 saturated heterocycles. The number of phenols is 1. The molecule has 0 spiro atoms. The Bertz CT molecular complexity index is 2390. The number of primary amides is 2. The zero-order chi connectivity index (χ0) is 57.7. The predicted octanol–water partition coefficient (Wildman–Crippen LogP) is -3.42. The molecule has 0 aliphatic carbocycles. The highest BCUT2D eigenvalue weighted by Crippen LogP contribution is 2.22. The Hall–Kier alpha value is -7.71. The monoisotopic (exact) mass is 1080 g/mol. The number of rotatable bonds is 31. The van der Waals surface area contributed by atoms with Crippen molar-refractivity contribution in [3.63, 3.8) is 0 Å². The van der Waals surface area contributed by atoms with E-state index < -0.39 is 145 Å². The first-order chi connectivity index (χ1) is 36.2. The minimum Gasteiger partial charge on any atom is -0.508 e. The van der Waals surface area contributed by atoms with Crippen LogP contribution in [0.5, 0.6) is 5.75 Å². The molecule has 10 atom stereocenters. The van der Waals surface area contributed by atoms with Crippen LogP contribution >= 0.6 is 0 Å². The molecule has 17 N–H and O–H groups in total. The maximum Gasteiger partial charge on any atom is 0.328 e. The van der Waals surface area contributed by atoms with Gasteiger partial charge in [-0.1, -0.05) is 70.2 Å². The SMILES string of the molecule is CC(C)C[C@H](NC(=O)[C@@H]1CCCN1C(=O)[C@H](CC(C)C)NC(=O)[C@H](Cc1ccc(O)cc1)NC(=O)[C@H](CC(N)=O)NC(=O)[C@H](CO)NC(=O)[C@H](CCC(N)=O)NC(=O)[C@@H](N)Cc1ccccc1)C(=O)N[C@H](C(=O)O)[C@@H](C)O. The molecule has 26 heteroatoms. The fourth-order valence-corrected chi connectivity index (χ4v) is 8.38. The summed E-state index contributed by atoms with van der Waals surface area (Å²) in [4.78, 5) is 148. The van der Waals surface area contributed by atoms with Crippen molar-refractivity contribution in [1.82, 2.24) is 42.1 Å². The average molecular weight is 1080 g/mol. The minimum atomic E-state index is -1.86. The second-order valence-corrected chi connectivity index (χ2v) is 19.9. The van der Waals surface area contributed by atoms with E-state index in [2.05, 4.69) is 37.2 Å². The Morgan fingerprint density at radius 1 is 0.610 bits per heavy atom. The first-order valence-electron chi connectivity index (χ1n) is 25.3. The van der Waals surface area contributed by atoms with Crippen molar-refractivity contribution in [2.24, 2.45) is 29.0 Å². The lowest BCUT2D eigenvalue weighted by Gasteiger charge is -2.32. The number of phenolic OH excluding ortho intramolecular Hbond substituents is 1.